The van der Waals surface area contributed by atoms with E-state index in [0.717, 1.165) is 54.0 Å². The molecule has 5 nitrogen and oxygen atoms in total. The summed E-state index contributed by atoms with van der Waals surface area (Å²) in [5.74, 6) is 0. The zero-order valence-electron chi connectivity index (χ0n) is 15.6. The number of aromatic amines is 1. The Morgan fingerprint density at radius 1 is 1.04 bits per heavy atom. The van der Waals surface area contributed by atoms with Gasteiger partial charge in [0.25, 0.3) is 0 Å². The smallest absolute Gasteiger partial charge is 0.112 e. The molecule has 0 amide bonds. The minimum Gasteiger partial charge on any atom is -0.372 e. The Kier molecular flexibility index (Phi) is 5.00. The van der Waals surface area contributed by atoms with Gasteiger partial charge in [-0.05, 0) is 49.7 Å². The number of nitrogens with one attached hydrogen (secondary N) is 1. The van der Waals surface area contributed by atoms with Crippen molar-refractivity contribution in [3.8, 4) is 22.4 Å². The van der Waals surface area contributed by atoms with Crippen LogP contribution in [0.1, 0.15) is 18.5 Å². The van der Waals surface area contributed by atoms with Crippen LogP contribution in [0.3, 0.4) is 0 Å². The number of benzene rings is 1. The third-order valence-corrected chi connectivity index (χ3v) is 5.75. The minimum atomic E-state index is -0.372. The highest BCUT2D eigenvalue weighted by atomic mass is 35.5. The van der Waals surface area contributed by atoms with Crippen LogP contribution in [0.5, 0.6) is 0 Å². The van der Waals surface area contributed by atoms with Crippen molar-refractivity contribution in [1.82, 2.24) is 20.1 Å². The SMILES string of the molecule is COC1(c2[nH]nc(-c3ccc(Cl)cc3)c2-c2ccncc2)CCN(C)CC1. The Hall–Kier alpha value is -2.21. The fourth-order valence-electron chi connectivity index (χ4n) is 3.82. The molecule has 0 spiro atoms. The van der Waals surface area contributed by atoms with Gasteiger partial charge in [-0.3, -0.25) is 10.1 Å². The van der Waals surface area contributed by atoms with Crippen LogP contribution in [0.2, 0.25) is 5.02 Å². The number of aromatic nitrogens is 3. The number of halogens is 1. The van der Waals surface area contributed by atoms with Crippen LogP contribution >= 0.6 is 11.6 Å². The summed E-state index contributed by atoms with van der Waals surface area (Å²) >= 11 is 6.08. The number of pyridine rings is 1. The lowest BCUT2D eigenvalue weighted by Gasteiger charge is -2.39. The summed E-state index contributed by atoms with van der Waals surface area (Å²) in [5, 5.41) is 8.72. The molecule has 6 heteroatoms. The maximum Gasteiger partial charge on any atom is 0.112 e. The van der Waals surface area contributed by atoms with Crippen molar-refractivity contribution in [2.75, 3.05) is 27.2 Å². The highest BCUT2D eigenvalue weighted by molar-refractivity contribution is 6.30. The number of likely N-dealkylation sites (tertiary alicyclic amines) is 1. The van der Waals surface area contributed by atoms with Gasteiger partial charge in [0.15, 0.2) is 0 Å². The van der Waals surface area contributed by atoms with Gasteiger partial charge in [-0.2, -0.15) is 5.10 Å². The van der Waals surface area contributed by atoms with Gasteiger partial charge in [-0.1, -0.05) is 23.7 Å². The Bertz CT molecular complexity index is 900. The first-order valence-corrected chi connectivity index (χ1v) is 9.50. The van der Waals surface area contributed by atoms with Crippen LogP contribution in [0, 0.1) is 0 Å². The van der Waals surface area contributed by atoms with Gasteiger partial charge in [-0.15, -0.1) is 0 Å². The minimum absolute atomic E-state index is 0.372. The van der Waals surface area contributed by atoms with E-state index in [1.165, 1.54) is 0 Å². The van der Waals surface area contributed by atoms with Crippen molar-refractivity contribution >= 4 is 11.6 Å². The second-order valence-electron chi connectivity index (χ2n) is 7.07. The highest BCUT2D eigenvalue weighted by Gasteiger charge is 2.40. The summed E-state index contributed by atoms with van der Waals surface area (Å²) in [4.78, 5) is 6.51. The Morgan fingerprint density at radius 2 is 1.70 bits per heavy atom. The number of nitrogens with zero attached hydrogens (tertiary/aromatic N) is 3. The Balaban J connectivity index is 1.89. The van der Waals surface area contributed by atoms with E-state index in [4.69, 9.17) is 21.4 Å². The average molecular weight is 383 g/mol. The van der Waals surface area contributed by atoms with Crippen LogP contribution in [0.4, 0.5) is 0 Å². The largest absolute Gasteiger partial charge is 0.372 e. The van der Waals surface area contributed by atoms with Gasteiger partial charge in [0.05, 0.1) is 5.69 Å². The molecule has 140 valence electrons. The molecule has 0 bridgehead atoms. The molecule has 1 aromatic carbocycles. The normalized spacial score (nSPS) is 17.1. The van der Waals surface area contributed by atoms with Crippen molar-refractivity contribution in [1.29, 1.82) is 0 Å². The van der Waals surface area contributed by atoms with Gasteiger partial charge in [-0.25, -0.2) is 0 Å². The maximum absolute atomic E-state index is 6.11. The van der Waals surface area contributed by atoms with Gasteiger partial charge >= 0.3 is 0 Å². The molecule has 1 fully saturated rings. The van der Waals surface area contributed by atoms with Crippen molar-refractivity contribution in [2.24, 2.45) is 0 Å². The van der Waals surface area contributed by atoms with E-state index in [9.17, 15) is 0 Å². The third kappa shape index (κ3) is 3.38. The summed E-state index contributed by atoms with van der Waals surface area (Å²) in [5.41, 5.74) is 4.74. The molecule has 3 aromatic rings. The number of piperidine rings is 1. The van der Waals surface area contributed by atoms with Crippen molar-refractivity contribution in [3.63, 3.8) is 0 Å². The zero-order valence-corrected chi connectivity index (χ0v) is 16.3. The van der Waals surface area contributed by atoms with Crippen LogP contribution < -0.4 is 0 Å². The summed E-state index contributed by atoms with van der Waals surface area (Å²) in [6, 6.07) is 11.8. The molecule has 0 radical (unpaired) electrons. The van der Waals surface area contributed by atoms with Crippen LogP contribution in [-0.2, 0) is 10.3 Å². The lowest BCUT2D eigenvalue weighted by molar-refractivity contribution is -0.0612. The van der Waals surface area contributed by atoms with E-state index >= 15 is 0 Å². The summed E-state index contributed by atoms with van der Waals surface area (Å²) in [6.07, 6.45) is 5.46. The molecule has 27 heavy (non-hydrogen) atoms. The van der Waals surface area contributed by atoms with Gasteiger partial charge in [0.2, 0.25) is 0 Å². The van der Waals surface area contributed by atoms with E-state index in [2.05, 4.69) is 22.0 Å². The second kappa shape index (κ2) is 7.43. The van der Waals surface area contributed by atoms with Gasteiger partial charge < -0.3 is 9.64 Å². The summed E-state index contributed by atoms with van der Waals surface area (Å²) < 4.78 is 6.11. The second-order valence-corrected chi connectivity index (χ2v) is 7.50. The molecular weight excluding hydrogens is 360 g/mol. The molecule has 0 saturated carbocycles. The number of rotatable bonds is 4. The standard InChI is InChI=1S/C21H23ClN4O/c1-26-13-9-21(27-2,10-14-26)20-18(15-7-11-23-12-8-15)19(24-25-20)16-3-5-17(22)6-4-16/h3-8,11-12H,9-10,13-14H2,1-2H3,(H,24,25). The van der Waals surface area contributed by atoms with Crippen molar-refractivity contribution < 1.29 is 4.74 Å². The van der Waals surface area contributed by atoms with E-state index in [0.29, 0.717) is 5.02 Å². The lowest BCUT2D eigenvalue weighted by Crippen LogP contribution is -2.42. The Morgan fingerprint density at radius 3 is 2.33 bits per heavy atom. The van der Waals surface area contributed by atoms with Gasteiger partial charge in [0, 0.05) is 48.7 Å². The molecule has 1 N–H and O–H groups in total. The zero-order chi connectivity index (χ0) is 18.9. The molecule has 4 rings (SSSR count). The molecule has 0 aliphatic carbocycles. The van der Waals surface area contributed by atoms with E-state index in [-0.39, 0.29) is 5.60 Å². The van der Waals surface area contributed by atoms with Crippen LogP contribution in [0.15, 0.2) is 48.8 Å². The first-order chi connectivity index (χ1) is 13.1. The molecule has 0 atom stereocenters. The van der Waals surface area contributed by atoms with E-state index in [1.807, 2.05) is 48.8 Å². The predicted octanol–water partition coefficient (Wildman–Crippen LogP) is 4.36. The van der Waals surface area contributed by atoms with E-state index in [1.54, 1.807) is 7.11 Å². The van der Waals surface area contributed by atoms with Crippen molar-refractivity contribution in [3.05, 3.63) is 59.5 Å². The third-order valence-electron chi connectivity index (χ3n) is 5.49. The number of H-pyrrole nitrogens is 1. The predicted molar refractivity (Wildman–Crippen MR) is 108 cm³/mol. The molecule has 1 aliphatic heterocycles. The summed E-state index contributed by atoms with van der Waals surface area (Å²) in [7, 11) is 3.94. The van der Waals surface area contributed by atoms with Crippen LogP contribution in [-0.4, -0.2) is 47.3 Å². The topological polar surface area (TPSA) is 54.0 Å². The molecule has 0 unspecified atom stereocenters. The quantitative estimate of drug-likeness (QED) is 0.728. The monoisotopic (exact) mass is 382 g/mol. The molecular formula is C21H23ClN4O. The Labute approximate surface area is 164 Å². The highest BCUT2D eigenvalue weighted by Crippen LogP contribution is 2.43. The number of methoxy groups -OCH3 is 1. The molecule has 1 aliphatic rings. The fourth-order valence-corrected chi connectivity index (χ4v) is 3.95. The lowest BCUT2D eigenvalue weighted by atomic mass is 9.83. The van der Waals surface area contributed by atoms with Crippen molar-refractivity contribution in [2.45, 2.75) is 18.4 Å². The fraction of sp³-hybridized carbons (Fsp3) is 0.333. The maximum atomic E-state index is 6.11. The number of hydrogen-bond donors (Lipinski definition) is 1. The first kappa shape index (κ1) is 18.2. The number of hydrogen-bond acceptors (Lipinski definition) is 4. The van der Waals surface area contributed by atoms with E-state index < -0.39 is 0 Å². The number of ether oxygens (including phenoxy) is 1. The van der Waals surface area contributed by atoms with Crippen LogP contribution in [0.25, 0.3) is 22.4 Å². The molecule has 1 saturated heterocycles. The average Bonchev–Trinajstić information content (AvgIpc) is 3.16. The van der Waals surface area contributed by atoms with Gasteiger partial charge in [0.1, 0.15) is 11.3 Å². The summed E-state index contributed by atoms with van der Waals surface area (Å²) in [6.45, 7) is 1.97. The molecule has 3 heterocycles. The molecule has 2 aromatic heterocycles. The first-order valence-electron chi connectivity index (χ1n) is 9.12.